The number of halogens is 2. The lowest BCUT2D eigenvalue weighted by atomic mass is 9.93. The molecule has 1 N–H and O–H groups in total. The van der Waals surface area contributed by atoms with Crippen molar-refractivity contribution in [2.75, 3.05) is 0 Å². The van der Waals surface area contributed by atoms with Gasteiger partial charge >= 0.3 is 0 Å². The van der Waals surface area contributed by atoms with E-state index in [-0.39, 0.29) is 12.1 Å². The Morgan fingerprint density at radius 2 is 1.58 bits per heavy atom. The van der Waals surface area contributed by atoms with Crippen LogP contribution in [0.4, 0.5) is 0 Å². The van der Waals surface area contributed by atoms with Crippen LogP contribution in [0.1, 0.15) is 23.2 Å². The number of nitrogens with zero attached hydrogens (tertiary/aromatic N) is 3. The zero-order chi connectivity index (χ0) is 16.5. The Morgan fingerprint density at radius 3 is 2.21 bits per heavy atom. The van der Waals surface area contributed by atoms with Gasteiger partial charge in [-0.3, -0.25) is 5.43 Å². The van der Waals surface area contributed by atoms with Crippen LogP contribution in [0.25, 0.3) is 0 Å². The zero-order valence-corrected chi connectivity index (χ0v) is 14.1. The Bertz CT molecular complexity index is 855. The lowest BCUT2D eigenvalue weighted by molar-refractivity contribution is 0.481. The molecule has 1 aliphatic rings. The fourth-order valence-electron chi connectivity index (χ4n) is 2.96. The lowest BCUT2D eigenvalue weighted by Crippen LogP contribution is -2.25. The minimum Gasteiger partial charge on any atom is -0.326 e. The average molecular weight is 357 g/mol. The lowest BCUT2D eigenvalue weighted by Gasteiger charge is -2.22. The highest BCUT2D eigenvalue weighted by Crippen LogP contribution is 2.34. The SMILES string of the molecule is Clc1ccc(C2=NN[C@H](c3ccc(Cl)cc3)[C@H]2n2ccnc2)cc1. The van der Waals surface area contributed by atoms with Gasteiger partial charge in [-0.05, 0) is 29.8 Å². The fourth-order valence-corrected chi connectivity index (χ4v) is 3.22. The Hall–Kier alpha value is -2.30. The van der Waals surface area contributed by atoms with E-state index in [1.165, 1.54) is 0 Å². The molecule has 2 aromatic carbocycles. The number of nitrogens with one attached hydrogen (secondary N) is 1. The van der Waals surface area contributed by atoms with E-state index in [1.54, 1.807) is 6.20 Å². The van der Waals surface area contributed by atoms with Crippen LogP contribution in [-0.2, 0) is 0 Å². The van der Waals surface area contributed by atoms with E-state index in [9.17, 15) is 0 Å². The molecule has 0 amide bonds. The van der Waals surface area contributed by atoms with Gasteiger partial charge in [-0.15, -0.1) is 0 Å². The van der Waals surface area contributed by atoms with Crippen molar-refractivity contribution >= 4 is 28.9 Å². The molecule has 0 radical (unpaired) electrons. The van der Waals surface area contributed by atoms with E-state index in [0.29, 0.717) is 5.02 Å². The Balaban J connectivity index is 1.75. The number of hydrogen-bond donors (Lipinski definition) is 1. The van der Waals surface area contributed by atoms with E-state index in [2.05, 4.69) is 20.1 Å². The third-order valence-electron chi connectivity index (χ3n) is 4.14. The molecule has 1 aromatic heterocycles. The van der Waals surface area contributed by atoms with E-state index in [0.717, 1.165) is 21.9 Å². The van der Waals surface area contributed by atoms with Gasteiger partial charge in [-0.2, -0.15) is 5.10 Å². The summed E-state index contributed by atoms with van der Waals surface area (Å²) in [7, 11) is 0. The minimum atomic E-state index is -0.00477. The quantitative estimate of drug-likeness (QED) is 0.751. The number of hydrazone groups is 1. The van der Waals surface area contributed by atoms with E-state index >= 15 is 0 Å². The largest absolute Gasteiger partial charge is 0.326 e. The first kappa shape index (κ1) is 15.2. The van der Waals surface area contributed by atoms with E-state index in [1.807, 2.05) is 61.1 Å². The van der Waals surface area contributed by atoms with Crippen LogP contribution >= 0.6 is 23.2 Å². The van der Waals surface area contributed by atoms with Crippen LogP contribution < -0.4 is 5.43 Å². The topological polar surface area (TPSA) is 42.2 Å². The van der Waals surface area contributed by atoms with Gasteiger partial charge in [0.1, 0.15) is 6.04 Å². The van der Waals surface area contributed by atoms with Crippen LogP contribution in [-0.4, -0.2) is 15.3 Å². The third-order valence-corrected chi connectivity index (χ3v) is 4.64. The molecule has 120 valence electrons. The van der Waals surface area contributed by atoms with Crippen LogP contribution in [0.2, 0.25) is 10.0 Å². The second-order valence-corrected chi connectivity index (χ2v) is 6.49. The summed E-state index contributed by atoms with van der Waals surface area (Å²) >= 11 is 12.0. The van der Waals surface area contributed by atoms with Crippen molar-refractivity contribution in [3.63, 3.8) is 0 Å². The highest BCUT2D eigenvalue weighted by molar-refractivity contribution is 6.31. The van der Waals surface area contributed by atoms with E-state index < -0.39 is 0 Å². The van der Waals surface area contributed by atoms with Crippen molar-refractivity contribution in [1.29, 1.82) is 0 Å². The maximum absolute atomic E-state index is 6.02. The molecule has 2 atom stereocenters. The summed E-state index contributed by atoms with van der Waals surface area (Å²) in [6, 6.07) is 15.5. The molecule has 4 nitrogen and oxygen atoms in total. The van der Waals surface area contributed by atoms with E-state index in [4.69, 9.17) is 23.2 Å². The maximum atomic E-state index is 6.02. The molecule has 0 saturated heterocycles. The molecule has 0 saturated carbocycles. The van der Waals surface area contributed by atoms with Gasteiger partial charge in [-0.25, -0.2) is 4.98 Å². The highest BCUT2D eigenvalue weighted by atomic mass is 35.5. The van der Waals surface area contributed by atoms with Crippen molar-refractivity contribution in [3.05, 3.63) is 88.4 Å². The monoisotopic (exact) mass is 356 g/mol. The summed E-state index contributed by atoms with van der Waals surface area (Å²) in [5.74, 6) is 0. The van der Waals surface area contributed by atoms with Gasteiger partial charge in [0.05, 0.1) is 18.1 Å². The molecule has 0 spiro atoms. The molecular weight excluding hydrogens is 343 g/mol. The molecule has 3 aromatic rings. The first-order valence-electron chi connectivity index (χ1n) is 7.54. The second-order valence-electron chi connectivity index (χ2n) is 5.62. The van der Waals surface area contributed by atoms with Crippen LogP contribution in [0.5, 0.6) is 0 Å². The smallest absolute Gasteiger partial charge is 0.105 e. The van der Waals surface area contributed by atoms with Crippen LogP contribution in [0, 0.1) is 0 Å². The van der Waals surface area contributed by atoms with Crippen molar-refractivity contribution in [2.24, 2.45) is 5.10 Å². The summed E-state index contributed by atoms with van der Waals surface area (Å²) in [5.41, 5.74) is 6.35. The van der Waals surface area contributed by atoms with Crippen molar-refractivity contribution in [1.82, 2.24) is 15.0 Å². The number of rotatable bonds is 3. The normalized spacial score (nSPS) is 19.8. The second kappa shape index (κ2) is 6.30. The Labute approximate surface area is 149 Å². The molecule has 24 heavy (non-hydrogen) atoms. The molecule has 4 rings (SSSR count). The predicted octanol–water partition coefficient (Wildman–Crippen LogP) is 4.48. The summed E-state index contributed by atoms with van der Waals surface area (Å²) in [6.45, 7) is 0. The fraction of sp³-hybridized carbons (Fsp3) is 0.111. The first-order chi connectivity index (χ1) is 11.7. The molecule has 6 heteroatoms. The number of hydrogen-bond acceptors (Lipinski definition) is 3. The molecule has 0 aliphatic carbocycles. The van der Waals surface area contributed by atoms with Gasteiger partial charge in [0.15, 0.2) is 0 Å². The minimum absolute atomic E-state index is 0.00199. The summed E-state index contributed by atoms with van der Waals surface area (Å²) in [5, 5.41) is 6.02. The first-order valence-corrected chi connectivity index (χ1v) is 8.30. The number of benzene rings is 2. The van der Waals surface area contributed by atoms with Crippen LogP contribution in [0.15, 0.2) is 72.4 Å². The molecule has 0 bridgehead atoms. The molecule has 1 aliphatic heterocycles. The standard InChI is InChI=1S/C18H14Cl2N4/c19-14-5-1-12(2-6-14)16-18(24-10-9-21-11-24)17(23-22-16)13-3-7-15(20)8-4-13/h1-11,16,18,22H/t16-,18-/m1/s1. The summed E-state index contributed by atoms with van der Waals surface area (Å²) < 4.78 is 2.06. The van der Waals surface area contributed by atoms with Gasteiger partial charge in [0.2, 0.25) is 0 Å². The van der Waals surface area contributed by atoms with Crippen molar-refractivity contribution in [3.8, 4) is 0 Å². The summed E-state index contributed by atoms with van der Waals surface area (Å²) in [4.78, 5) is 4.19. The molecular formula is C18H14Cl2N4. The molecule has 0 unspecified atom stereocenters. The zero-order valence-electron chi connectivity index (χ0n) is 12.6. The average Bonchev–Trinajstić information content (AvgIpc) is 3.25. The van der Waals surface area contributed by atoms with Crippen molar-refractivity contribution in [2.45, 2.75) is 12.1 Å². The van der Waals surface area contributed by atoms with Crippen molar-refractivity contribution < 1.29 is 0 Å². The third kappa shape index (κ3) is 2.79. The van der Waals surface area contributed by atoms with Gasteiger partial charge in [-0.1, -0.05) is 47.5 Å². The number of aromatic nitrogens is 2. The van der Waals surface area contributed by atoms with Gasteiger partial charge in [0.25, 0.3) is 0 Å². The molecule has 2 heterocycles. The maximum Gasteiger partial charge on any atom is 0.105 e. The summed E-state index contributed by atoms with van der Waals surface area (Å²) in [6.07, 6.45) is 5.54. The van der Waals surface area contributed by atoms with Crippen LogP contribution in [0.3, 0.4) is 0 Å². The predicted molar refractivity (Wildman–Crippen MR) is 96.6 cm³/mol. The number of imidazole rings is 1. The highest BCUT2D eigenvalue weighted by Gasteiger charge is 2.34. The van der Waals surface area contributed by atoms with Gasteiger partial charge < -0.3 is 4.57 Å². The van der Waals surface area contributed by atoms with Gasteiger partial charge in [0, 0.05) is 28.0 Å². The Morgan fingerprint density at radius 1 is 0.917 bits per heavy atom. The Kier molecular flexibility index (Phi) is 4.00. The molecule has 0 fully saturated rings.